The van der Waals surface area contributed by atoms with Gasteiger partial charge in [-0.1, -0.05) is 54.1 Å². The van der Waals surface area contributed by atoms with Crippen molar-refractivity contribution in [1.82, 2.24) is 10.2 Å². The number of aliphatic hydroxyl groups is 1. The summed E-state index contributed by atoms with van der Waals surface area (Å²) in [6, 6.07) is 21.0. The van der Waals surface area contributed by atoms with Crippen LogP contribution in [0.2, 0.25) is 0 Å². The molecule has 0 bridgehead atoms. The third kappa shape index (κ3) is 5.95. The molecule has 0 aliphatic rings. The van der Waals surface area contributed by atoms with Gasteiger partial charge >= 0.3 is 5.97 Å². The molecule has 35 heavy (non-hydrogen) atoms. The van der Waals surface area contributed by atoms with E-state index in [9.17, 15) is 9.90 Å². The van der Waals surface area contributed by atoms with E-state index < -0.39 is 6.23 Å². The number of aliphatic hydroxyl groups excluding tert-OH is 1. The fourth-order valence-corrected chi connectivity index (χ4v) is 4.02. The van der Waals surface area contributed by atoms with Crippen LogP contribution in [0.5, 0.6) is 0 Å². The van der Waals surface area contributed by atoms with Crippen LogP contribution in [-0.4, -0.2) is 34.0 Å². The van der Waals surface area contributed by atoms with Gasteiger partial charge < -0.3 is 20.9 Å². The molecule has 1 aromatic heterocycles. The molecule has 0 saturated heterocycles. The lowest BCUT2D eigenvalue weighted by molar-refractivity contribution is 0.0472. The molecule has 0 aliphatic heterocycles. The Labute approximate surface area is 205 Å². The number of hydrogen-bond acceptors (Lipinski definition) is 6. The molecule has 4 aromatic rings. The van der Waals surface area contributed by atoms with Crippen LogP contribution in [0.1, 0.15) is 38.5 Å². The summed E-state index contributed by atoms with van der Waals surface area (Å²) in [4.78, 5) is 12.4. The molecule has 0 fully saturated rings. The Hall–Kier alpha value is -3.94. The van der Waals surface area contributed by atoms with Gasteiger partial charge in [-0.2, -0.15) is 5.10 Å². The predicted octanol–water partition coefficient (Wildman–Crippen LogP) is 4.52. The maximum Gasteiger partial charge on any atom is 0.338 e. The number of aryl methyl sites for hydroxylation is 2. The molecule has 2 unspecified atom stereocenters. The second kappa shape index (κ2) is 11.0. The highest BCUT2D eigenvalue weighted by atomic mass is 16.5. The molecule has 2 atom stereocenters. The van der Waals surface area contributed by atoms with Gasteiger partial charge in [0.25, 0.3) is 0 Å². The Morgan fingerprint density at radius 1 is 1.06 bits per heavy atom. The highest BCUT2D eigenvalue weighted by Crippen LogP contribution is 2.24. The van der Waals surface area contributed by atoms with E-state index in [-0.39, 0.29) is 25.0 Å². The number of nitrogens with one attached hydrogen (secondary N) is 2. The van der Waals surface area contributed by atoms with Crippen molar-refractivity contribution in [2.24, 2.45) is 5.73 Å². The second-order valence-electron chi connectivity index (χ2n) is 8.63. The number of H-pyrrole nitrogens is 1. The summed E-state index contributed by atoms with van der Waals surface area (Å²) in [6.07, 6.45) is 2.72. The van der Waals surface area contributed by atoms with Gasteiger partial charge in [0.15, 0.2) is 0 Å². The van der Waals surface area contributed by atoms with Gasteiger partial charge in [0.1, 0.15) is 12.8 Å². The number of nitrogens with two attached hydrogens (primary N) is 1. The maximum atomic E-state index is 12.4. The number of benzene rings is 3. The number of anilines is 1. The van der Waals surface area contributed by atoms with Crippen LogP contribution in [0, 0.1) is 13.8 Å². The van der Waals surface area contributed by atoms with E-state index >= 15 is 0 Å². The van der Waals surface area contributed by atoms with Gasteiger partial charge in [-0.3, -0.25) is 5.10 Å². The minimum atomic E-state index is -0.868. The standard InChI is InChI=1S/C28H30N4O3/c1-18-3-12-25(19(2)13-18)28(34)35-17-20-4-6-22(7-5-20)26(14-29)27(33)32-24-10-8-21(9-11-24)23-15-30-31-16-23/h3-13,15-16,26-27,32-33H,14,17,29H2,1-2H3,(H,30,31). The van der Waals surface area contributed by atoms with Crippen LogP contribution in [0.3, 0.4) is 0 Å². The average molecular weight is 471 g/mol. The lowest BCUT2D eigenvalue weighted by Gasteiger charge is -2.24. The van der Waals surface area contributed by atoms with Crippen LogP contribution in [-0.2, 0) is 11.3 Å². The average Bonchev–Trinajstić information content (AvgIpc) is 3.39. The lowest BCUT2D eigenvalue weighted by atomic mass is 9.96. The quantitative estimate of drug-likeness (QED) is 0.211. The molecular formula is C28H30N4O3. The SMILES string of the molecule is Cc1ccc(C(=O)OCc2ccc(C(CN)C(O)Nc3ccc(-c4cn[nH]c4)cc3)cc2)c(C)c1. The second-order valence-corrected chi connectivity index (χ2v) is 8.63. The minimum absolute atomic E-state index is 0.170. The number of carbonyl (C=O) groups is 1. The molecular weight excluding hydrogens is 440 g/mol. The van der Waals surface area contributed by atoms with Crippen molar-refractivity contribution in [3.63, 3.8) is 0 Å². The van der Waals surface area contributed by atoms with E-state index in [0.717, 1.165) is 39.1 Å². The summed E-state index contributed by atoms with van der Waals surface area (Å²) < 4.78 is 5.49. The molecule has 0 spiro atoms. The molecule has 0 saturated carbocycles. The molecule has 4 rings (SSSR count). The third-order valence-electron chi connectivity index (χ3n) is 6.05. The number of ether oxygens (including phenoxy) is 1. The summed E-state index contributed by atoms with van der Waals surface area (Å²) in [7, 11) is 0. The van der Waals surface area contributed by atoms with Crippen LogP contribution < -0.4 is 11.1 Å². The fourth-order valence-electron chi connectivity index (χ4n) is 4.02. The zero-order valence-electron chi connectivity index (χ0n) is 19.9. The first-order valence-corrected chi connectivity index (χ1v) is 11.5. The molecule has 0 radical (unpaired) electrons. The third-order valence-corrected chi connectivity index (χ3v) is 6.05. The Morgan fingerprint density at radius 3 is 2.43 bits per heavy atom. The van der Waals surface area contributed by atoms with E-state index in [2.05, 4.69) is 15.5 Å². The summed E-state index contributed by atoms with van der Waals surface area (Å²) in [5.41, 5.74) is 13.1. The molecule has 1 heterocycles. The maximum absolute atomic E-state index is 12.4. The van der Waals surface area contributed by atoms with Gasteiger partial charge in [0.2, 0.25) is 0 Å². The van der Waals surface area contributed by atoms with Gasteiger partial charge in [-0.25, -0.2) is 4.79 Å². The molecule has 7 heteroatoms. The van der Waals surface area contributed by atoms with Crippen molar-refractivity contribution < 1.29 is 14.6 Å². The van der Waals surface area contributed by atoms with Crippen molar-refractivity contribution >= 4 is 11.7 Å². The van der Waals surface area contributed by atoms with Crippen molar-refractivity contribution in [2.75, 3.05) is 11.9 Å². The summed E-state index contributed by atoms with van der Waals surface area (Å²) in [5.74, 6) is -0.653. The number of esters is 1. The van der Waals surface area contributed by atoms with Crippen molar-refractivity contribution in [3.8, 4) is 11.1 Å². The number of aromatic nitrogens is 2. The largest absolute Gasteiger partial charge is 0.457 e. The minimum Gasteiger partial charge on any atom is -0.457 e. The van der Waals surface area contributed by atoms with E-state index in [4.69, 9.17) is 10.5 Å². The smallest absolute Gasteiger partial charge is 0.338 e. The molecule has 7 nitrogen and oxygen atoms in total. The summed E-state index contributed by atoms with van der Waals surface area (Å²) in [5, 5.41) is 20.7. The number of hydrogen-bond donors (Lipinski definition) is 4. The normalized spacial score (nSPS) is 12.7. The van der Waals surface area contributed by atoms with E-state index in [1.54, 1.807) is 12.3 Å². The molecule has 180 valence electrons. The van der Waals surface area contributed by atoms with Crippen molar-refractivity contribution in [1.29, 1.82) is 0 Å². The number of aromatic amines is 1. The van der Waals surface area contributed by atoms with Gasteiger partial charge in [0.05, 0.1) is 11.8 Å². The lowest BCUT2D eigenvalue weighted by Crippen LogP contribution is -2.32. The predicted molar refractivity (Wildman–Crippen MR) is 137 cm³/mol. The first-order valence-electron chi connectivity index (χ1n) is 11.5. The van der Waals surface area contributed by atoms with Gasteiger partial charge in [-0.05, 0) is 54.3 Å². The topological polar surface area (TPSA) is 113 Å². The van der Waals surface area contributed by atoms with Crippen LogP contribution in [0.25, 0.3) is 11.1 Å². The fraction of sp³-hybridized carbons (Fsp3) is 0.214. The zero-order valence-corrected chi connectivity index (χ0v) is 19.9. The number of nitrogens with zero attached hydrogens (tertiary/aromatic N) is 1. The molecule has 3 aromatic carbocycles. The van der Waals surface area contributed by atoms with Crippen molar-refractivity contribution in [3.05, 3.63) is 107 Å². The molecule has 0 amide bonds. The number of carbonyl (C=O) groups excluding carboxylic acids is 1. The highest BCUT2D eigenvalue weighted by molar-refractivity contribution is 5.91. The van der Waals surface area contributed by atoms with Crippen molar-refractivity contribution in [2.45, 2.75) is 32.6 Å². The van der Waals surface area contributed by atoms with Gasteiger partial charge in [-0.15, -0.1) is 0 Å². The van der Waals surface area contributed by atoms with Crippen LogP contribution in [0.15, 0.2) is 79.1 Å². The monoisotopic (exact) mass is 470 g/mol. The molecule has 0 aliphatic carbocycles. The Balaban J connectivity index is 1.35. The van der Waals surface area contributed by atoms with Gasteiger partial charge in [0, 0.05) is 29.9 Å². The van der Waals surface area contributed by atoms with E-state index in [0.29, 0.717) is 5.56 Å². The van der Waals surface area contributed by atoms with E-state index in [1.807, 2.05) is 80.7 Å². The summed E-state index contributed by atoms with van der Waals surface area (Å²) in [6.45, 7) is 4.33. The Kier molecular flexibility index (Phi) is 7.60. The Bertz CT molecular complexity index is 1250. The Morgan fingerprint density at radius 2 is 1.80 bits per heavy atom. The first kappa shape index (κ1) is 24.2. The zero-order chi connectivity index (χ0) is 24.8. The summed E-state index contributed by atoms with van der Waals surface area (Å²) >= 11 is 0. The molecule has 5 N–H and O–H groups in total. The van der Waals surface area contributed by atoms with E-state index in [1.165, 1.54) is 0 Å². The number of rotatable bonds is 9. The van der Waals surface area contributed by atoms with Crippen LogP contribution in [0.4, 0.5) is 5.69 Å². The van der Waals surface area contributed by atoms with Crippen LogP contribution >= 0.6 is 0 Å². The highest BCUT2D eigenvalue weighted by Gasteiger charge is 2.20. The first-order chi connectivity index (χ1) is 16.9.